The minimum Gasteiger partial charge on any atom is -0.359 e. The number of ether oxygens (including phenoxy) is 1. The summed E-state index contributed by atoms with van der Waals surface area (Å²) in [6.45, 7) is 10.3. The molecule has 2 bridgehead atoms. The van der Waals surface area contributed by atoms with Crippen LogP contribution in [0.1, 0.15) is 85.0 Å². The molecule has 3 aliphatic carbocycles. The maximum absolute atomic E-state index is 7.27. The van der Waals surface area contributed by atoms with E-state index in [0.717, 1.165) is 23.7 Å². The first kappa shape index (κ1) is 21.7. The van der Waals surface area contributed by atoms with Crippen molar-refractivity contribution in [3.05, 3.63) is 35.5 Å². The first-order valence-electron chi connectivity index (χ1n) is 13.8. The molecule has 0 amide bonds. The van der Waals surface area contributed by atoms with Gasteiger partial charge in [-0.1, -0.05) is 51.5 Å². The van der Waals surface area contributed by atoms with Gasteiger partial charge < -0.3 is 9.64 Å². The summed E-state index contributed by atoms with van der Waals surface area (Å²) in [6, 6.07) is 0. The zero-order valence-electron chi connectivity index (χ0n) is 21.0. The molecule has 2 nitrogen and oxygen atoms in total. The van der Waals surface area contributed by atoms with Gasteiger partial charge in [-0.05, 0) is 118 Å². The van der Waals surface area contributed by atoms with Crippen LogP contribution in [-0.2, 0) is 4.74 Å². The topological polar surface area (TPSA) is 12.5 Å². The molecule has 0 aromatic heterocycles. The minimum atomic E-state index is 0.0264. The largest absolute Gasteiger partial charge is 0.359 e. The molecule has 32 heavy (non-hydrogen) atoms. The first-order valence-corrected chi connectivity index (χ1v) is 13.8. The molecular formula is C30H45NO. The number of nitrogens with zero attached hydrogens (tertiary/aromatic N) is 1. The Morgan fingerprint density at radius 3 is 2.88 bits per heavy atom. The van der Waals surface area contributed by atoms with Crippen LogP contribution in [0.5, 0.6) is 0 Å². The fourth-order valence-electron chi connectivity index (χ4n) is 9.49. The van der Waals surface area contributed by atoms with Crippen molar-refractivity contribution >= 4 is 0 Å². The van der Waals surface area contributed by atoms with E-state index in [9.17, 15) is 0 Å². The Morgan fingerprint density at radius 1 is 1.16 bits per heavy atom. The summed E-state index contributed by atoms with van der Waals surface area (Å²) < 4.78 is 7.27. The van der Waals surface area contributed by atoms with Crippen molar-refractivity contribution in [1.29, 1.82) is 0 Å². The molecule has 0 aromatic carbocycles. The van der Waals surface area contributed by atoms with Gasteiger partial charge in [0.05, 0.1) is 11.2 Å². The van der Waals surface area contributed by atoms with Gasteiger partial charge in [0, 0.05) is 6.54 Å². The lowest BCUT2D eigenvalue weighted by molar-refractivity contribution is -0.133. The molecule has 176 valence electrons. The molecule has 3 aliphatic heterocycles. The fraction of sp³-hybridized carbons (Fsp3) is 0.800. The Kier molecular flexibility index (Phi) is 5.12. The number of fused-ring (bicyclic) bond motifs is 1. The Bertz CT molecular complexity index is 855. The molecule has 0 aromatic rings. The van der Waals surface area contributed by atoms with Gasteiger partial charge in [-0.2, -0.15) is 0 Å². The molecule has 0 N–H and O–H groups in total. The van der Waals surface area contributed by atoms with E-state index < -0.39 is 0 Å². The number of hydrogen-bond donors (Lipinski definition) is 0. The summed E-state index contributed by atoms with van der Waals surface area (Å²) in [7, 11) is 2.29. The van der Waals surface area contributed by atoms with Crippen LogP contribution in [0.15, 0.2) is 35.5 Å². The van der Waals surface area contributed by atoms with E-state index in [1.807, 2.05) is 0 Å². The van der Waals surface area contributed by atoms with Crippen LogP contribution in [0.25, 0.3) is 0 Å². The van der Waals surface area contributed by atoms with Crippen molar-refractivity contribution in [2.75, 3.05) is 20.1 Å². The Morgan fingerprint density at radius 2 is 2.03 bits per heavy atom. The van der Waals surface area contributed by atoms with Gasteiger partial charge >= 0.3 is 0 Å². The predicted octanol–water partition coefficient (Wildman–Crippen LogP) is 6.93. The summed E-state index contributed by atoms with van der Waals surface area (Å²) in [5, 5.41) is 0. The van der Waals surface area contributed by atoms with E-state index in [2.05, 4.69) is 57.0 Å². The summed E-state index contributed by atoms with van der Waals surface area (Å²) in [5.74, 6) is 4.22. The van der Waals surface area contributed by atoms with Crippen LogP contribution >= 0.6 is 0 Å². The highest BCUT2D eigenvalue weighted by molar-refractivity contribution is 5.50. The minimum absolute atomic E-state index is 0.0264. The zero-order chi connectivity index (χ0) is 22.1. The van der Waals surface area contributed by atoms with Gasteiger partial charge in [0.2, 0.25) is 0 Å². The smallest absolute Gasteiger partial charge is 0.0975 e. The van der Waals surface area contributed by atoms with Crippen molar-refractivity contribution in [3.63, 3.8) is 0 Å². The molecule has 3 fully saturated rings. The van der Waals surface area contributed by atoms with Crippen molar-refractivity contribution in [2.24, 2.45) is 35.0 Å². The summed E-state index contributed by atoms with van der Waals surface area (Å²) >= 11 is 0. The van der Waals surface area contributed by atoms with Crippen LogP contribution < -0.4 is 0 Å². The average molecular weight is 436 g/mol. The highest BCUT2D eigenvalue weighted by Crippen LogP contribution is 2.68. The normalized spacial score (nSPS) is 48.5. The first-order chi connectivity index (χ1) is 15.4. The van der Waals surface area contributed by atoms with Gasteiger partial charge in [0.1, 0.15) is 0 Å². The molecule has 2 heteroatoms. The monoisotopic (exact) mass is 435 g/mol. The number of rotatable bonds is 4. The van der Waals surface area contributed by atoms with E-state index in [0.29, 0.717) is 11.3 Å². The Balaban J connectivity index is 1.21. The second kappa shape index (κ2) is 7.57. The predicted molar refractivity (Wildman–Crippen MR) is 132 cm³/mol. The third-order valence-corrected chi connectivity index (χ3v) is 11.3. The van der Waals surface area contributed by atoms with E-state index in [-0.39, 0.29) is 11.2 Å². The lowest BCUT2D eigenvalue weighted by Crippen LogP contribution is -2.53. The molecule has 0 radical (unpaired) electrons. The van der Waals surface area contributed by atoms with Crippen LogP contribution in [0, 0.1) is 35.0 Å². The molecule has 3 unspecified atom stereocenters. The molecule has 1 saturated carbocycles. The van der Waals surface area contributed by atoms with Gasteiger partial charge in [-0.25, -0.2) is 0 Å². The maximum Gasteiger partial charge on any atom is 0.0975 e. The fourth-order valence-corrected chi connectivity index (χ4v) is 9.49. The van der Waals surface area contributed by atoms with E-state index in [1.165, 1.54) is 82.9 Å². The quantitative estimate of drug-likeness (QED) is 0.474. The van der Waals surface area contributed by atoms with Gasteiger partial charge in [0.15, 0.2) is 0 Å². The van der Waals surface area contributed by atoms with Crippen LogP contribution in [0.4, 0.5) is 0 Å². The lowest BCUT2D eigenvalue weighted by atomic mass is 9.57. The maximum atomic E-state index is 7.27. The second-order valence-corrected chi connectivity index (χ2v) is 13.0. The standard InChI is InChI=1S/C30H45NO/c1-21(8-9-23-13-18-31(4)20-22(23)2)26-10-11-27-28(26,3)15-12-25-19-24-7-5-6-14-29(24)16-17-30(25,27)32-29/h5,7,12,19,21-23,26-27H,6,8-11,13-18,20H2,1-4H3/t21?,22?,23?,26-,27-,28-,29+,30-/m1/s1. The van der Waals surface area contributed by atoms with E-state index in [1.54, 1.807) is 5.57 Å². The molecule has 2 spiro atoms. The molecule has 6 aliphatic rings. The Labute approximate surface area is 196 Å². The second-order valence-electron chi connectivity index (χ2n) is 13.0. The molecule has 8 atom stereocenters. The number of allylic oxidation sites excluding steroid dienone is 2. The number of piperidine rings is 1. The van der Waals surface area contributed by atoms with E-state index >= 15 is 0 Å². The average Bonchev–Trinajstić information content (AvgIpc) is 3.28. The van der Waals surface area contributed by atoms with Crippen LogP contribution in [0.2, 0.25) is 0 Å². The third-order valence-electron chi connectivity index (χ3n) is 11.3. The van der Waals surface area contributed by atoms with Gasteiger partial charge in [-0.15, -0.1) is 0 Å². The van der Waals surface area contributed by atoms with E-state index in [4.69, 9.17) is 4.74 Å². The molecule has 2 saturated heterocycles. The van der Waals surface area contributed by atoms with Gasteiger partial charge in [0.25, 0.3) is 0 Å². The van der Waals surface area contributed by atoms with Crippen molar-refractivity contribution < 1.29 is 4.74 Å². The zero-order valence-corrected chi connectivity index (χ0v) is 21.0. The number of hydrogen-bond acceptors (Lipinski definition) is 2. The summed E-state index contributed by atoms with van der Waals surface area (Å²) in [4.78, 5) is 2.53. The third kappa shape index (κ3) is 3.04. The molecule has 3 heterocycles. The van der Waals surface area contributed by atoms with Gasteiger partial charge in [-0.3, -0.25) is 0 Å². The van der Waals surface area contributed by atoms with Crippen molar-refractivity contribution in [2.45, 2.75) is 96.2 Å². The Hall–Kier alpha value is -0.860. The lowest BCUT2D eigenvalue weighted by Gasteiger charge is -2.54. The van der Waals surface area contributed by atoms with Crippen molar-refractivity contribution in [3.8, 4) is 0 Å². The van der Waals surface area contributed by atoms with Crippen LogP contribution in [-0.4, -0.2) is 36.2 Å². The van der Waals surface area contributed by atoms with Crippen LogP contribution in [0.3, 0.4) is 0 Å². The van der Waals surface area contributed by atoms with Crippen molar-refractivity contribution in [1.82, 2.24) is 4.90 Å². The summed E-state index contributed by atoms with van der Waals surface area (Å²) in [6.07, 6.45) is 23.1. The SMILES string of the molecule is CC1CN(C)CCC1CCC(C)[C@H]1CC[C@@H]2[C@]1(C)CC=C1C=C3C=CCC[C@]34CC[C@@]12O4. The highest BCUT2D eigenvalue weighted by Gasteiger charge is 2.66. The summed E-state index contributed by atoms with van der Waals surface area (Å²) in [5.41, 5.74) is 3.50. The molecular weight excluding hydrogens is 390 g/mol. The molecule has 6 rings (SSSR count). The number of likely N-dealkylation sites (tertiary alicyclic amines) is 1. The highest BCUT2D eigenvalue weighted by atomic mass is 16.5.